The Morgan fingerprint density at radius 2 is 2.45 bits per heavy atom. The van der Waals surface area contributed by atoms with Gasteiger partial charge in [0.2, 0.25) is 0 Å². The monoisotopic (exact) mass is 170 g/mol. The summed E-state index contributed by atoms with van der Waals surface area (Å²) in [5.74, 6) is 0.967. The number of hydrogen-bond acceptors (Lipinski definition) is 3. The van der Waals surface area contributed by atoms with Crippen LogP contribution in [0.1, 0.15) is 6.92 Å². The molecule has 1 aromatic heterocycles. The molecule has 0 aliphatic rings. The molecule has 0 bridgehead atoms. The lowest BCUT2D eigenvalue weighted by molar-refractivity contribution is 0.696. The summed E-state index contributed by atoms with van der Waals surface area (Å²) in [6.07, 6.45) is 1.70. The molecule has 0 unspecified atom stereocenters. The Morgan fingerprint density at radius 3 is 3.00 bits per heavy atom. The fourth-order valence-electron chi connectivity index (χ4n) is 0.698. The smallest absolute Gasteiger partial charge is 0.267 e. The fraction of sp³-hybridized carbons (Fsp3) is 0.429. The second-order valence-corrected chi connectivity index (χ2v) is 3.42. The third-order valence-corrected chi connectivity index (χ3v) is 2.10. The van der Waals surface area contributed by atoms with Crippen molar-refractivity contribution in [3.63, 3.8) is 0 Å². The molecule has 60 valence electrons. The molecule has 0 radical (unpaired) electrons. The zero-order chi connectivity index (χ0) is 8.27. The Hall–Kier alpha value is -0.770. The van der Waals surface area contributed by atoms with Crippen LogP contribution in [0, 0.1) is 0 Å². The molecule has 11 heavy (non-hydrogen) atoms. The standard InChI is InChI=1S/C7H10N2OS/c1-3-11-6-4-7(10)9(2)8-5-6/h4-5H,3H2,1-2H3. The predicted molar refractivity (Wildman–Crippen MR) is 45.9 cm³/mol. The molecular weight excluding hydrogens is 160 g/mol. The van der Waals surface area contributed by atoms with Crippen molar-refractivity contribution in [1.82, 2.24) is 9.78 Å². The molecular formula is C7H10N2OS. The largest absolute Gasteiger partial charge is 0.268 e. The van der Waals surface area contributed by atoms with Crippen molar-refractivity contribution < 1.29 is 0 Å². The van der Waals surface area contributed by atoms with Gasteiger partial charge in [-0.15, -0.1) is 11.8 Å². The number of rotatable bonds is 2. The van der Waals surface area contributed by atoms with Crippen molar-refractivity contribution in [3.8, 4) is 0 Å². The van der Waals surface area contributed by atoms with E-state index in [0.717, 1.165) is 10.6 Å². The zero-order valence-corrected chi connectivity index (χ0v) is 7.39. The molecule has 4 heteroatoms. The number of aromatic nitrogens is 2. The highest BCUT2D eigenvalue weighted by Gasteiger charge is 1.94. The van der Waals surface area contributed by atoms with E-state index in [1.54, 1.807) is 31.1 Å². The summed E-state index contributed by atoms with van der Waals surface area (Å²) in [7, 11) is 1.64. The molecule has 1 heterocycles. The van der Waals surface area contributed by atoms with E-state index in [2.05, 4.69) is 5.10 Å². The first kappa shape index (κ1) is 8.33. The van der Waals surface area contributed by atoms with E-state index < -0.39 is 0 Å². The zero-order valence-electron chi connectivity index (χ0n) is 6.57. The first-order valence-electron chi connectivity index (χ1n) is 3.40. The van der Waals surface area contributed by atoms with Gasteiger partial charge in [0.25, 0.3) is 5.56 Å². The van der Waals surface area contributed by atoms with Gasteiger partial charge >= 0.3 is 0 Å². The summed E-state index contributed by atoms with van der Waals surface area (Å²) in [6.45, 7) is 2.04. The van der Waals surface area contributed by atoms with Crippen molar-refractivity contribution in [1.29, 1.82) is 0 Å². The van der Waals surface area contributed by atoms with Crippen LogP contribution in [-0.4, -0.2) is 15.5 Å². The molecule has 0 N–H and O–H groups in total. The SMILES string of the molecule is CCSc1cnn(C)c(=O)c1. The van der Waals surface area contributed by atoms with Gasteiger partial charge in [-0.3, -0.25) is 4.79 Å². The molecule has 0 atom stereocenters. The van der Waals surface area contributed by atoms with Gasteiger partial charge in [-0.2, -0.15) is 5.10 Å². The minimum Gasteiger partial charge on any atom is -0.268 e. The van der Waals surface area contributed by atoms with Gasteiger partial charge in [0.05, 0.1) is 6.20 Å². The lowest BCUT2D eigenvalue weighted by Crippen LogP contribution is -2.17. The van der Waals surface area contributed by atoms with Crippen LogP contribution in [0.25, 0.3) is 0 Å². The quantitative estimate of drug-likeness (QED) is 0.618. The van der Waals surface area contributed by atoms with Gasteiger partial charge in [-0.25, -0.2) is 4.68 Å². The van der Waals surface area contributed by atoms with Gasteiger partial charge in [0.1, 0.15) is 0 Å². The Labute approximate surface area is 69.4 Å². The van der Waals surface area contributed by atoms with Crippen LogP contribution in [-0.2, 0) is 7.05 Å². The number of nitrogens with zero attached hydrogens (tertiary/aromatic N) is 2. The van der Waals surface area contributed by atoms with Crippen LogP contribution in [0.4, 0.5) is 0 Å². The molecule has 0 fully saturated rings. The maximum absolute atomic E-state index is 11.0. The molecule has 3 nitrogen and oxygen atoms in total. The number of aryl methyl sites for hydroxylation is 1. The van der Waals surface area contributed by atoms with Crippen molar-refractivity contribution in [2.24, 2.45) is 7.05 Å². The average molecular weight is 170 g/mol. The third-order valence-electron chi connectivity index (χ3n) is 1.25. The van der Waals surface area contributed by atoms with Crippen LogP contribution >= 0.6 is 11.8 Å². The second-order valence-electron chi connectivity index (χ2n) is 2.09. The molecule has 0 aliphatic heterocycles. The Bertz CT molecular complexity index is 295. The second kappa shape index (κ2) is 3.57. The maximum atomic E-state index is 11.0. The van der Waals surface area contributed by atoms with E-state index in [-0.39, 0.29) is 5.56 Å². The molecule has 0 aliphatic carbocycles. The van der Waals surface area contributed by atoms with E-state index in [0.29, 0.717) is 0 Å². The lowest BCUT2D eigenvalue weighted by Gasteiger charge is -1.97. The van der Waals surface area contributed by atoms with Crippen molar-refractivity contribution in [2.75, 3.05) is 5.75 Å². The van der Waals surface area contributed by atoms with E-state index in [1.807, 2.05) is 6.92 Å². The topological polar surface area (TPSA) is 34.9 Å². The highest BCUT2D eigenvalue weighted by molar-refractivity contribution is 7.99. The first-order valence-corrected chi connectivity index (χ1v) is 4.38. The summed E-state index contributed by atoms with van der Waals surface area (Å²) in [6, 6.07) is 1.60. The highest BCUT2D eigenvalue weighted by Crippen LogP contribution is 2.12. The molecule has 0 saturated carbocycles. The normalized spacial score (nSPS) is 10.0. The van der Waals surface area contributed by atoms with Gasteiger partial charge in [0, 0.05) is 18.0 Å². The lowest BCUT2D eigenvalue weighted by atomic mass is 10.6. The predicted octanol–water partition coefficient (Wildman–Crippen LogP) is 0.892. The molecule has 0 spiro atoms. The van der Waals surface area contributed by atoms with Crippen LogP contribution in [0.2, 0.25) is 0 Å². The van der Waals surface area contributed by atoms with Crippen LogP contribution < -0.4 is 5.56 Å². The molecule has 1 aromatic rings. The summed E-state index contributed by atoms with van der Waals surface area (Å²) in [5, 5.41) is 3.88. The number of hydrogen-bond donors (Lipinski definition) is 0. The van der Waals surface area contributed by atoms with Gasteiger partial charge < -0.3 is 0 Å². The van der Waals surface area contributed by atoms with E-state index >= 15 is 0 Å². The van der Waals surface area contributed by atoms with E-state index in [4.69, 9.17) is 0 Å². The van der Waals surface area contributed by atoms with Crippen molar-refractivity contribution >= 4 is 11.8 Å². The summed E-state index contributed by atoms with van der Waals surface area (Å²) in [5.41, 5.74) is -0.0524. The first-order chi connectivity index (χ1) is 5.24. The van der Waals surface area contributed by atoms with Crippen LogP contribution in [0.5, 0.6) is 0 Å². The molecule has 0 amide bonds. The highest BCUT2D eigenvalue weighted by atomic mass is 32.2. The van der Waals surface area contributed by atoms with Crippen molar-refractivity contribution in [3.05, 3.63) is 22.6 Å². The minimum atomic E-state index is -0.0524. The van der Waals surface area contributed by atoms with Gasteiger partial charge in [-0.1, -0.05) is 6.92 Å². The van der Waals surface area contributed by atoms with Gasteiger partial charge in [0.15, 0.2) is 0 Å². The Balaban J connectivity index is 2.96. The summed E-state index contributed by atoms with van der Waals surface area (Å²) < 4.78 is 1.32. The van der Waals surface area contributed by atoms with Gasteiger partial charge in [-0.05, 0) is 5.75 Å². The Morgan fingerprint density at radius 1 is 1.73 bits per heavy atom. The van der Waals surface area contributed by atoms with E-state index in [9.17, 15) is 4.79 Å². The minimum absolute atomic E-state index is 0.0524. The average Bonchev–Trinajstić information content (AvgIpc) is 1.98. The molecule has 0 aromatic carbocycles. The summed E-state index contributed by atoms with van der Waals surface area (Å²) in [4.78, 5) is 11.9. The van der Waals surface area contributed by atoms with Crippen LogP contribution in [0.3, 0.4) is 0 Å². The molecule has 1 rings (SSSR count). The van der Waals surface area contributed by atoms with Crippen LogP contribution in [0.15, 0.2) is 22.0 Å². The molecule has 0 saturated heterocycles. The summed E-state index contributed by atoms with van der Waals surface area (Å²) >= 11 is 1.62. The van der Waals surface area contributed by atoms with E-state index in [1.165, 1.54) is 4.68 Å². The fourth-order valence-corrected chi connectivity index (χ4v) is 1.34. The maximum Gasteiger partial charge on any atom is 0.267 e. The Kier molecular flexibility index (Phi) is 2.70. The number of thioether (sulfide) groups is 1. The third kappa shape index (κ3) is 2.08. The van der Waals surface area contributed by atoms with Crippen molar-refractivity contribution in [2.45, 2.75) is 11.8 Å².